The summed E-state index contributed by atoms with van der Waals surface area (Å²) in [4.78, 5) is 13.1. The van der Waals surface area contributed by atoms with Gasteiger partial charge >= 0.3 is 0 Å². The van der Waals surface area contributed by atoms with Crippen molar-refractivity contribution >= 4 is 26.0 Å². The number of amides is 1. The van der Waals surface area contributed by atoms with Crippen LogP contribution in [-0.2, 0) is 24.8 Å². The Morgan fingerprint density at radius 2 is 1.46 bits per heavy atom. The summed E-state index contributed by atoms with van der Waals surface area (Å²) in [5.74, 6) is 0.0877. The molecule has 202 valence electrons. The second kappa shape index (κ2) is 11.9. The van der Waals surface area contributed by atoms with Crippen LogP contribution >= 0.6 is 0 Å². The maximum Gasteiger partial charge on any atom is 0.251 e. The summed E-state index contributed by atoms with van der Waals surface area (Å²) < 4.78 is 65.2. The zero-order chi connectivity index (χ0) is 26.5. The van der Waals surface area contributed by atoms with Crippen LogP contribution in [0, 0.1) is 6.92 Å². The first-order valence-electron chi connectivity index (χ1n) is 12.4. The largest absolute Gasteiger partial charge is 0.492 e. The van der Waals surface area contributed by atoms with Gasteiger partial charge in [0.15, 0.2) is 0 Å². The Balaban J connectivity index is 1.31. The molecule has 2 aromatic rings. The maximum absolute atomic E-state index is 12.9. The van der Waals surface area contributed by atoms with Gasteiger partial charge in [0.2, 0.25) is 20.0 Å². The number of morpholine rings is 1. The number of benzene rings is 2. The molecule has 0 aromatic heterocycles. The Morgan fingerprint density at radius 1 is 0.865 bits per heavy atom. The molecule has 2 heterocycles. The van der Waals surface area contributed by atoms with E-state index in [-0.39, 0.29) is 41.6 Å². The molecule has 0 atom stereocenters. The summed E-state index contributed by atoms with van der Waals surface area (Å²) in [5, 5.41) is 2.75. The van der Waals surface area contributed by atoms with Crippen LogP contribution in [0.4, 0.5) is 0 Å². The number of hydrogen-bond donors (Lipinski definition) is 1. The molecule has 2 aliphatic rings. The minimum Gasteiger partial charge on any atom is -0.492 e. The van der Waals surface area contributed by atoms with Gasteiger partial charge in [0.1, 0.15) is 12.4 Å². The van der Waals surface area contributed by atoms with Crippen LogP contribution in [0.2, 0.25) is 0 Å². The van der Waals surface area contributed by atoms with E-state index < -0.39 is 26.0 Å². The lowest BCUT2D eigenvalue weighted by Crippen LogP contribution is -2.40. The van der Waals surface area contributed by atoms with E-state index in [1.165, 1.54) is 32.9 Å². The molecule has 4 rings (SSSR count). The van der Waals surface area contributed by atoms with Crippen LogP contribution in [0.3, 0.4) is 0 Å². The van der Waals surface area contributed by atoms with E-state index in [1.807, 2.05) is 0 Å². The van der Waals surface area contributed by atoms with Gasteiger partial charge in [-0.25, -0.2) is 16.8 Å². The smallest absolute Gasteiger partial charge is 0.251 e. The van der Waals surface area contributed by atoms with E-state index in [1.54, 1.807) is 25.1 Å². The normalized spacial score (nSPS) is 17.9. The first-order valence-corrected chi connectivity index (χ1v) is 15.3. The molecule has 12 heteroatoms. The number of nitrogens with zero attached hydrogens (tertiary/aromatic N) is 2. The summed E-state index contributed by atoms with van der Waals surface area (Å²) in [6, 6.07) is 10.8. The summed E-state index contributed by atoms with van der Waals surface area (Å²) >= 11 is 0. The third-order valence-electron chi connectivity index (χ3n) is 6.49. The van der Waals surface area contributed by atoms with Crippen LogP contribution in [0.1, 0.15) is 35.2 Å². The Hall–Kier alpha value is -2.51. The van der Waals surface area contributed by atoms with Crippen molar-refractivity contribution < 1.29 is 31.1 Å². The lowest BCUT2D eigenvalue weighted by Gasteiger charge is -2.26. The molecule has 1 N–H and O–H groups in total. The van der Waals surface area contributed by atoms with Crippen molar-refractivity contribution in [3.63, 3.8) is 0 Å². The van der Waals surface area contributed by atoms with Crippen LogP contribution in [0.15, 0.2) is 52.3 Å². The molecular weight excluding hydrogens is 518 g/mol. The van der Waals surface area contributed by atoms with Crippen molar-refractivity contribution in [3.05, 3.63) is 53.6 Å². The van der Waals surface area contributed by atoms with E-state index in [4.69, 9.17) is 9.47 Å². The Morgan fingerprint density at radius 3 is 2.14 bits per heavy atom. The van der Waals surface area contributed by atoms with Crippen molar-refractivity contribution in [2.45, 2.75) is 36.0 Å². The third-order valence-corrected chi connectivity index (χ3v) is 10.3. The Labute approximate surface area is 218 Å². The fourth-order valence-corrected chi connectivity index (χ4v) is 7.28. The molecule has 0 unspecified atom stereocenters. The maximum atomic E-state index is 12.9. The van der Waals surface area contributed by atoms with Crippen LogP contribution in [0.25, 0.3) is 0 Å². The topological polar surface area (TPSA) is 122 Å². The molecule has 10 nitrogen and oxygen atoms in total. The molecule has 0 saturated carbocycles. The minimum atomic E-state index is -3.71. The minimum absolute atomic E-state index is 0.0704. The highest BCUT2D eigenvalue weighted by molar-refractivity contribution is 7.89. The van der Waals surface area contributed by atoms with Crippen molar-refractivity contribution in [2.24, 2.45) is 0 Å². The fraction of sp³-hybridized carbons (Fsp3) is 0.480. The van der Waals surface area contributed by atoms with Crippen molar-refractivity contribution in [1.29, 1.82) is 0 Å². The van der Waals surface area contributed by atoms with Gasteiger partial charge in [-0.05, 0) is 61.7 Å². The molecule has 0 aliphatic carbocycles. The number of nitrogens with one attached hydrogen (secondary N) is 1. The van der Waals surface area contributed by atoms with Crippen molar-refractivity contribution in [1.82, 2.24) is 13.9 Å². The molecule has 0 spiro atoms. The number of carbonyl (C=O) groups excluding carboxylic acids is 1. The summed E-state index contributed by atoms with van der Waals surface area (Å²) in [7, 11) is -7.22. The number of aryl methyl sites for hydroxylation is 1. The molecule has 1 amide bonds. The van der Waals surface area contributed by atoms with Gasteiger partial charge < -0.3 is 14.8 Å². The Kier molecular flexibility index (Phi) is 8.86. The standard InChI is InChI=1S/C25H33N3O7S2/c1-20-5-8-23(37(32,33)28-14-17-34-18-15-28)19-24(20)25(29)26-11-16-35-21-6-9-22(10-7-21)36(30,31)27-12-3-2-4-13-27/h5-10,19H,2-4,11-18H2,1H3,(H,26,29). The average molecular weight is 552 g/mol. The van der Waals surface area contributed by atoms with Gasteiger partial charge in [0.25, 0.3) is 5.91 Å². The summed E-state index contributed by atoms with van der Waals surface area (Å²) in [5.41, 5.74) is 0.937. The molecule has 0 radical (unpaired) electrons. The molecule has 2 saturated heterocycles. The lowest BCUT2D eigenvalue weighted by molar-refractivity contribution is 0.0730. The number of ether oxygens (including phenoxy) is 2. The predicted octanol–water partition coefficient (Wildman–Crippen LogP) is 2.00. The first kappa shape index (κ1) is 27.5. The highest BCUT2D eigenvalue weighted by atomic mass is 32.2. The first-order chi connectivity index (χ1) is 17.7. The van der Waals surface area contributed by atoms with E-state index in [2.05, 4.69) is 5.32 Å². The number of carbonyl (C=O) groups is 1. The van der Waals surface area contributed by atoms with E-state index >= 15 is 0 Å². The second-order valence-electron chi connectivity index (χ2n) is 9.03. The van der Waals surface area contributed by atoms with Gasteiger partial charge in [-0.1, -0.05) is 12.5 Å². The number of hydrogen-bond acceptors (Lipinski definition) is 7. The molecular formula is C25H33N3O7S2. The zero-order valence-corrected chi connectivity index (χ0v) is 22.5. The van der Waals surface area contributed by atoms with Gasteiger partial charge in [-0.15, -0.1) is 0 Å². The zero-order valence-electron chi connectivity index (χ0n) is 20.9. The van der Waals surface area contributed by atoms with Crippen LogP contribution in [-0.4, -0.2) is 83.9 Å². The summed E-state index contributed by atoms with van der Waals surface area (Å²) in [6.45, 7) is 4.42. The number of sulfonamides is 2. The van der Waals surface area contributed by atoms with Gasteiger partial charge in [-0.2, -0.15) is 8.61 Å². The number of piperidine rings is 1. The fourth-order valence-electron chi connectivity index (χ4n) is 4.33. The van der Waals surface area contributed by atoms with Crippen LogP contribution < -0.4 is 10.1 Å². The van der Waals surface area contributed by atoms with E-state index in [0.29, 0.717) is 37.6 Å². The Bertz CT molecular complexity index is 1300. The highest BCUT2D eigenvalue weighted by Gasteiger charge is 2.28. The monoisotopic (exact) mass is 551 g/mol. The van der Waals surface area contributed by atoms with Crippen molar-refractivity contribution in [2.75, 3.05) is 52.5 Å². The molecule has 2 aromatic carbocycles. The van der Waals surface area contributed by atoms with Crippen molar-refractivity contribution in [3.8, 4) is 5.75 Å². The molecule has 0 bridgehead atoms. The molecule has 37 heavy (non-hydrogen) atoms. The van der Waals surface area contributed by atoms with Gasteiger partial charge in [-0.3, -0.25) is 4.79 Å². The average Bonchev–Trinajstić information content (AvgIpc) is 2.92. The van der Waals surface area contributed by atoms with Crippen LogP contribution in [0.5, 0.6) is 5.75 Å². The lowest BCUT2D eigenvalue weighted by atomic mass is 10.1. The SMILES string of the molecule is Cc1ccc(S(=O)(=O)N2CCOCC2)cc1C(=O)NCCOc1ccc(S(=O)(=O)N2CCCCC2)cc1. The quantitative estimate of drug-likeness (QED) is 0.473. The number of rotatable bonds is 9. The summed E-state index contributed by atoms with van der Waals surface area (Å²) in [6.07, 6.45) is 2.80. The van der Waals surface area contributed by atoms with E-state index in [9.17, 15) is 21.6 Å². The van der Waals surface area contributed by atoms with Gasteiger partial charge in [0.05, 0.1) is 29.5 Å². The second-order valence-corrected chi connectivity index (χ2v) is 12.9. The third kappa shape index (κ3) is 6.50. The molecule has 2 fully saturated rings. The van der Waals surface area contributed by atoms with E-state index in [0.717, 1.165) is 19.3 Å². The molecule has 2 aliphatic heterocycles. The highest BCUT2D eigenvalue weighted by Crippen LogP contribution is 2.23. The van der Waals surface area contributed by atoms with Gasteiger partial charge in [0, 0.05) is 31.7 Å². The predicted molar refractivity (Wildman–Crippen MR) is 138 cm³/mol.